The summed E-state index contributed by atoms with van der Waals surface area (Å²) in [5.74, 6) is -1.73. The minimum atomic E-state index is -2.86. The fraction of sp³-hybridized carbons (Fsp3) is 0.111. The molecule has 0 heterocycles. The van der Waals surface area contributed by atoms with Gasteiger partial charge in [0.15, 0.2) is 0 Å². The Kier molecular flexibility index (Phi) is 7.54. The number of nitrogens with zero attached hydrogens (tertiary/aromatic N) is 1. The predicted molar refractivity (Wildman–Crippen MR) is 137 cm³/mol. The number of carboxylic acid groups (broad SMARTS) is 1. The Hall–Kier alpha value is -4.01. The van der Waals surface area contributed by atoms with E-state index in [2.05, 4.69) is 5.32 Å². The van der Waals surface area contributed by atoms with Crippen LogP contribution >= 0.6 is 0 Å². The Balaban J connectivity index is 1.49. The summed E-state index contributed by atoms with van der Waals surface area (Å²) in [6.07, 6.45) is -0.365. The average molecular weight is 488 g/mol. The fourth-order valence-electron chi connectivity index (χ4n) is 3.96. The summed E-state index contributed by atoms with van der Waals surface area (Å²) in [4.78, 5) is 24.6. The second-order valence-corrected chi connectivity index (χ2v) is 8.75. The van der Waals surface area contributed by atoms with Crippen LogP contribution in [-0.2, 0) is 20.9 Å². The van der Waals surface area contributed by atoms with Gasteiger partial charge in [-0.15, -0.1) is 0 Å². The molecule has 8 heteroatoms. The Morgan fingerprint density at radius 2 is 1.49 bits per heavy atom. The predicted octanol–water partition coefficient (Wildman–Crippen LogP) is 4.98. The van der Waals surface area contributed by atoms with E-state index >= 15 is 0 Å². The highest BCUT2D eigenvalue weighted by atomic mass is 32.2. The van der Waals surface area contributed by atoms with Crippen LogP contribution in [0.4, 0.5) is 11.4 Å². The largest absolute Gasteiger partial charge is 0.755 e. The van der Waals surface area contributed by atoms with Crippen molar-refractivity contribution in [1.82, 2.24) is 0 Å². The van der Waals surface area contributed by atoms with Crippen LogP contribution in [0.1, 0.15) is 12.8 Å². The number of nitrogens with one attached hydrogen (secondary N) is 1. The third-order valence-electron chi connectivity index (χ3n) is 5.67. The monoisotopic (exact) mass is 487 g/mol. The van der Waals surface area contributed by atoms with Gasteiger partial charge < -0.3 is 15.0 Å². The molecule has 1 amide bonds. The molecule has 0 spiro atoms. The first kappa shape index (κ1) is 24.1. The molecule has 4 aromatic carbocycles. The lowest BCUT2D eigenvalue weighted by molar-refractivity contribution is -0.138. The zero-order valence-corrected chi connectivity index (χ0v) is 19.5. The molecular weight excluding hydrogens is 464 g/mol. The van der Waals surface area contributed by atoms with Crippen molar-refractivity contribution in [2.75, 3.05) is 9.62 Å². The number of carbonyl (C=O) groups excluding carboxylic acids is 1. The second kappa shape index (κ2) is 10.9. The SMILES string of the molecule is O=C(CCC(C(=O)O)N(c1ccc(-c2ccccc2)cc1)S(=O)[O-])Nc1cccc2ccccc12. The summed E-state index contributed by atoms with van der Waals surface area (Å²) in [6, 6.07) is 27.8. The van der Waals surface area contributed by atoms with Crippen LogP contribution in [0.15, 0.2) is 97.1 Å². The van der Waals surface area contributed by atoms with Crippen molar-refractivity contribution in [3.8, 4) is 11.1 Å². The maximum absolute atomic E-state index is 12.6. The van der Waals surface area contributed by atoms with Crippen LogP contribution in [0.5, 0.6) is 0 Å². The summed E-state index contributed by atoms with van der Waals surface area (Å²) < 4.78 is 24.9. The van der Waals surface area contributed by atoms with Gasteiger partial charge in [-0.05, 0) is 41.1 Å². The van der Waals surface area contributed by atoms with E-state index in [0.717, 1.165) is 26.2 Å². The van der Waals surface area contributed by atoms with E-state index in [-0.39, 0.29) is 18.5 Å². The molecule has 0 saturated heterocycles. The molecule has 0 bridgehead atoms. The highest BCUT2D eigenvalue weighted by Crippen LogP contribution is 2.27. The first-order valence-electron chi connectivity index (χ1n) is 11.0. The van der Waals surface area contributed by atoms with Gasteiger partial charge in [0.2, 0.25) is 5.91 Å². The average Bonchev–Trinajstić information content (AvgIpc) is 2.87. The quantitative estimate of drug-likeness (QED) is 0.324. The normalized spacial score (nSPS) is 12.6. The summed E-state index contributed by atoms with van der Waals surface area (Å²) in [5.41, 5.74) is 2.64. The topological polar surface area (TPSA) is 110 Å². The molecule has 0 aromatic heterocycles. The van der Waals surface area contributed by atoms with E-state index in [0.29, 0.717) is 5.69 Å². The molecule has 2 atom stereocenters. The number of aliphatic carboxylic acids is 1. The number of benzene rings is 4. The standard InChI is InChI=1S/C27H24N2O5S/c30-26(28-24-12-6-10-21-9-4-5-11-23(21)24)18-17-25(27(31)32)29(35(33)34)22-15-13-20(14-16-22)19-7-2-1-3-8-19/h1-16,25H,17-18H2,(H,28,30)(H,31,32)(H,33,34)/p-1. The lowest BCUT2D eigenvalue weighted by Gasteiger charge is -2.32. The molecule has 0 radical (unpaired) electrons. The van der Waals surface area contributed by atoms with E-state index in [1.54, 1.807) is 30.3 Å². The molecule has 4 aromatic rings. The van der Waals surface area contributed by atoms with Gasteiger partial charge in [0.25, 0.3) is 0 Å². The molecule has 0 saturated carbocycles. The highest BCUT2D eigenvalue weighted by molar-refractivity contribution is 7.80. The summed E-state index contributed by atoms with van der Waals surface area (Å²) in [6.45, 7) is 0. The van der Waals surface area contributed by atoms with Crippen LogP contribution < -0.4 is 9.62 Å². The van der Waals surface area contributed by atoms with Gasteiger partial charge in [0.05, 0.1) is 0 Å². The summed E-state index contributed by atoms with van der Waals surface area (Å²) >= 11 is -2.86. The molecule has 0 fully saturated rings. The minimum Gasteiger partial charge on any atom is -0.755 e. The number of hydrogen-bond donors (Lipinski definition) is 2. The van der Waals surface area contributed by atoms with Crippen LogP contribution in [0.25, 0.3) is 21.9 Å². The van der Waals surface area contributed by atoms with Crippen LogP contribution in [-0.4, -0.2) is 31.8 Å². The fourth-order valence-corrected chi connectivity index (χ4v) is 4.65. The first-order valence-corrected chi connectivity index (χ1v) is 12.0. The number of carboxylic acids is 1. The Morgan fingerprint density at radius 1 is 0.857 bits per heavy atom. The van der Waals surface area contributed by atoms with Gasteiger partial charge in [-0.25, -0.2) is 4.79 Å². The molecule has 2 N–H and O–H groups in total. The van der Waals surface area contributed by atoms with E-state index in [1.807, 2.05) is 66.7 Å². The Morgan fingerprint density at radius 3 is 2.17 bits per heavy atom. The van der Waals surface area contributed by atoms with Crippen LogP contribution in [0.3, 0.4) is 0 Å². The van der Waals surface area contributed by atoms with Crippen molar-refractivity contribution in [1.29, 1.82) is 0 Å². The van der Waals surface area contributed by atoms with Crippen LogP contribution in [0, 0.1) is 0 Å². The van der Waals surface area contributed by atoms with Gasteiger partial charge >= 0.3 is 5.97 Å². The van der Waals surface area contributed by atoms with Gasteiger partial charge in [-0.2, -0.15) is 0 Å². The van der Waals surface area contributed by atoms with Crippen molar-refractivity contribution in [3.63, 3.8) is 0 Å². The van der Waals surface area contributed by atoms with Gasteiger partial charge in [0, 0.05) is 34.4 Å². The molecule has 0 aliphatic carbocycles. The smallest absolute Gasteiger partial charge is 0.327 e. The molecule has 4 rings (SSSR count). The number of amides is 1. The maximum Gasteiger partial charge on any atom is 0.327 e. The molecular formula is C27H23N2O5S-. The number of hydrogen-bond acceptors (Lipinski definition) is 4. The lowest BCUT2D eigenvalue weighted by atomic mass is 10.0. The number of carbonyl (C=O) groups is 2. The third-order valence-corrected chi connectivity index (χ3v) is 6.45. The maximum atomic E-state index is 12.6. The zero-order chi connectivity index (χ0) is 24.8. The van der Waals surface area contributed by atoms with Crippen molar-refractivity contribution < 1.29 is 23.5 Å². The molecule has 178 valence electrons. The minimum absolute atomic E-state index is 0.171. The number of rotatable bonds is 9. The van der Waals surface area contributed by atoms with Crippen molar-refractivity contribution >= 4 is 45.3 Å². The molecule has 0 aliphatic heterocycles. The van der Waals surface area contributed by atoms with Crippen LogP contribution in [0.2, 0.25) is 0 Å². The van der Waals surface area contributed by atoms with Crippen molar-refractivity contribution in [3.05, 3.63) is 97.1 Å². The highest BCUT2D eigenvalue weighted by Gasteiger charge is 2.28. The number of anilines is 2. The van der Waals surface area contributed by atoms with Crippen molar-refractivity contribution in [2.24, 2.45) is 0 Å². The Bertz CT molecular complexity index is 1350. The van der Waals surface area contributed by atoms with Crippen molar-refractivity contribution in [2.45, 2.75) is 18.9 Å². The lowest BCUT2D eigenvalue weighted by Crippen LogP contribution is -2.43. The molecule has 7 nitrogen and oxygen atoms in total. The number of fused-ring (bicyclic) bond motifs is 1. The third kappa shape index (κ3) is 5.74. The second-order valence-electron chi connectivity index (χ2n) is 7.92. The zero-order valence-electron chi connectivity index (χ0n) is 18.7. The van der Waals surface area contributed by atoms with E-state index in [1.165, 1.54) is 0 Å². The molecule has 35 heavy (non-hydrogen) atoms. The van der Waals surface area contributed by atoms with E-state index < -0.39 is 29.2 Å². The van der Waals surface area contributed by atoms with E-state index in [4.69, 9.17) is 0 Å². The summed E-state index contributed by atoms with van der Waals surface area (Å²) in [5, 5.41) is 14.4. The van der Waals surface area contributed by atoms with Gasteiger partial charge in [-0.1, -0.05) is 78.9 Å². The summed E-state index contributed by atoms with van der Waals surface area (Å²) in [7, 11) is 0. The molecule has 0 aliphatic rings. The van der Waals surface area contributed by atoms with E-state index in [9.17, 15) is 23.5 Å². The van der Waals surface area contributed by atoms with Gasteiger partial charge in [0.1, 0.15) is 6.04 Å². The first-order chi connectivity index (χ1) is 16.9. The van der Waals surface area contributed by atoms with Gasteiger partial charge in [-0.3, -0.25) is 13.3 Å². The molecule has 2 unspecified atom stereocenters. The Labute approximate surface area is 205 Å².